The number of hydrogen-bond donors (Lipinski definition) is 1. The highest BCUT2D eigenvalue weighted by atomic mass is 32.2. The summed E-state index contributed by atoms with van der Waals surface area (Å²) < 4.78 is 117. The molecule has 0 aliphatic carbocycles. The lowest BCUT2D eigenvalue weighted by molar-refractivity contribution is -0.219. The van der Waals surface area contributed by atoms with Gasteiger partial charge in [-0.05, 0) is 59.0 Å². The highest BCUT2D eigenvalue weighted by Crippen LogP contribution is 2.39. The Balaban J connectivity index is 1.78. The number of ether oxygens (including phenoxy) is 1. The van der Waals surface area contributed by atoms with Crippen molar-refractivity contribution >= 4 is 21.7 Å². The number of halogens is 3. The molecule has 4 rings (SSSR count). The minimum Gasteiger partial charge on any atom is -0.476 e. The van der Waals surface area contributed by atoms with E-state index < -0.39 is 65.4 Å². The molecule has 1 aliphatic rings. The topological polar surface area (TPSA) is 124 Å². The molecule has 1 atom stereocenters. The number of aromatic nitrogens is 5. The van der Waals surface area contributed by atoms with Crippen LogP contribution in [0.1, 0.15) is 63.8 Å². The van der Waals surface area contributed by atoms with Crippen molar-refractivity contribution in [3.05, 3.63) is 41.9 Å². The quantitative estimate of drug-likeness (QED) is 0.407. The Labute approximate surface area is 243 Å². The largest absolute Gasteiger partial charge is 0.476 e. The third-order valence-electron chi connectivity index (χ3n) is 6.56. The van der Waals surface area contributed by atoms with Crippen LogP contribution in [0.2, 0.25) is 0 Å². The van der Waals surface area contributed by atoms with Crippen LogP contribution in [-0.4, -0.2) is 63.7 Å². The van der Waals surface area contributed by atoms with Crippen molar-refractivity contribution in [2.45, 2.75) is 64.5 Å². The van der Waals surface area contributed by atoms with E-state index in [4.69, 9.17) is 11.6 Å². The van der Waals surface area contributed by atoms with Gasteiger partial charge >= 0.3 is 6.18 Å². The molecule has 0 unspecified atom stereocenters. The molecule has 1 N–H and O–H groups in total. The van der Waals surface area contributed by atoms with Crippen molar-refractivity contribution in [1.82, 2.24) is 29.3 Å². The van der Waals surface area contributed by atoms with Crippen molar-refractivity contribution in [2.75, 3.05) is 18.1 Å². The second-order valence-electron chi connectivity index (χ2n) is 10.9. The summed E-state index contributed by atoms with van der Waals surface area (Å²) in [6, 6.07) is 3.79. The van der Waals surface area contributed by atoms with E-state index in [0.717, 1.165) is 18.5 Å². The zero-order valence-electron chi connectivity index (χ0n) is 28.2. The fourth-order valence-corrected chi connectivity index (χ4v) is 5.37. The number of amides is 1. The molecule has 4 heterocycles. The van der Waals surface area contributed by atoms with Gasteiger partial charge in [0.15, 0.2) is 5.82 Å². The number of hydrogen-bond acceptors (Lipinski definition) is 8. The van der Waals surface area contributed by atoms with Gasteiger partial charge < -0.3 is 9.64 Å². The van der Waals surface area contributed by atoms with E-state index in [-0.39, 0.29) is 33.7 Å². The second kappa shape index (κ2) is 10.3. The summed E-state index contributed by atoms with van der Waals surface area (Å²) in [4.78, 5) is 19.1. The number of anilines is 1. The third kappa shape index (κ3) is 6.19. The average molecular weight is 608 g/mol. The van der Waals surface area contributed by atoms with E-state index in [9.17, 15) is 26.4 Å². The van der Waals surface area contributed by atoms with Crippen LogP contribution < -0.4 is 14.4 Å². The highest BCUT2D eigenvalue weighted by molar-refractivity contribution is 7.90. The van der Waals surface area contributed by atoms with E-state index in [0.29, 0.717) is 0 Å². The van der Waals surface area contributed by atoms with Crippen molar-refractivity contribution in [2.24, 2.45) is 18.4 Å². The Hall–Kier alpha value is -3.62. The summed E-state index contributed by atoms with van der Waals surface area (Å²) >= 11 is 0. The number of pyridine rings is 1. The molecule has 1 fully saturated rings. The molecule has 11 nitrogen and oxygen atoms in total. The molecule has 3 aromatic heterocycles. The van der Waals surface area contributed by atoms with Gasteiger partial charge in [0.25, 0.3) is 15.9 Å². The van der Waals surface area contributed by atoms with E-state index >= 15 is 0 Å². The lowest BCUT2D eigenvalue weighted by Crippen LogP contribution is -2.41. The Morgan fingerprint density at radius 2 is 1.98 bits per heavy atom. The number of nitrogens with zero attached hydrogens (tertiary/aromatic N) is 6. The van der Waals surface area contributed by atoms with Crippen LogP contribution in [0.15, 0.2) is 35.5 Å². The summed E-state index contributed by atoms with van der Waals surface area (Å²) in [5, 5.41) is 8.10. The summed E-state index contributed by atoms with van der Waals surface area (Å²) in [5.41, 5.74) is -3.95. The molecule has 41 heavy (non-hydrogen) atoms. The first-order chi connectivity index (χ1) is 20.8. The predicted octanol–water partition coefficient (Wildman–Crippen LogP) is 4.02. The first-order valence-corrected chi connectivity index (χ1v) is 13.9. The van der Waals surface area contributed by atoms with Crippen LogP contribution in [0.25, 0.3) is 5.82 Å². The number of sulfonamides is 1. The molecule has 0 radical (unpaired) electrons. The van der Waals surface area contributed by atoms with Gasteiger partial charge in [-0.15, -0.1) is 5.10 Å². The SMILES string of the molecule is [3H]C([3H])([3H])[C@@H]1CN(c2nc(-n3ccc(OCC(C)(C)C(F)(F)F)n3)ccc2C(=O)NS(=O)(=O)c2cn(C)nc2C)C(C)(C)C1([3H])[3H]. The van der Waals surface area contributed by atoms with Gasteiger partial charge in [-0.3, -0.25) is 9.48 Å². The summed E-state index contributed by atoms with van der Waals surface area (Å²) in [7, 11) is -2.94. The van der Waals surface area contributed by atoms with Crippen molar-refractivity contribution in [3.63, 3.8) is 0 Å². The monoisotopic (exact) mass is 607 g/mol. The second-order valence-corrected chi connectivity index (χ2v) is 12.5. The number of aryl methyl sites for hydroxylation is 2. The minimum atomic E-state index is -4.54. The number of nitrogens with one attached hydrogen (secondary N) is 1. The number of alkyl halides is 3. The third-order valence-corrected chi connectivity index (χ3v) is 7.99. The maximum atomic E-state index is 13.6. The smallest absolute Gasteiger partial charge is 0.397 e. The first kappa shape index (κ1) is 24.0. The molecular formula is C26H34F3N7O4S. The zero-order valence-corrected chi connectivity index (χ0v) is 24.1. The van der Waals surface area contributed by atoms with Gasteiger partial charge in [-0.1, -0.05) is 6.85 Å². The molecule has 1 saturated heterocycles. The van der Waals surface area contributed by atoms with Crippen LogP contribution in [0.3, 0.4) is 0 Å². The maximum absolute atomic E-state index is 13.6. The highest BCUT2D eigenvalue weighted by Gasteiger charge is 2.48. The molecule has 0 bridgehead atoms. The van der Waals surface area contributed by atoms with Crippen LogP contribution >= 0.6 is 0 Å². The molecule has 0 saturated carbocycles. The zero-order chi connectivity index (χ0) is 34.8. The standard InChI is InChI=1S/C26H34F3N7O4S/c1-16-12-25(5,6)35(13-16)22-18(23(37)33-41(38,39)19-14-34(7)31-17(19)2)8-9-20(30-22)36-11-10-21(32-36)40-15-24(3,4)26(27,28)29/h8-11,14,16H,12-13,15H2,1-7H3,(H,33,37)/t16-/m0/s1/i1T3,12T2. The molecule has 224 valence electrons. The molecule has 1 aliphatic heterocycles. The lowest BCUT2D eigenvalue weighted by Gasteiger charge is -2.34. The fourth-order valence-electron chi connectivity index (χ4n) is 4.18. The Kier molecular flexibility index (Phi) is 6.06. The van der Waals surface area contributed by atoms with Crippen LogP contribution in [0.5, 0.6) is 5.88 Å². The maximum Gasteiger partial charge on any atom is 0.397 e. The van der Waals surface area contributed by atoms with Crippen molar-refractivity contribution in [1.29, 1.82) is 0 Å². The molecule has 3 aromatic rings. The number of carbonyl (C=O) groups is 1. The predicted molar refractivity (Wildman–Crippen MR) is 144 cm³/mol. The summed E-state index contributed by atoms with van der Waals surface area (Å²) in [6.07, 6.45) is -4.33. The van der Waals surface area contributed by atoms with Crippen molar-refractivity contribution in [3.8, 4) is 11.7 Å². The van der Waals surface area contributed by atoms with Gasteiger partial charge in [0.1, 0.15) is 17.3 Å². The first-order valence-electron chi connectivity index (χ1n) is 14.9. The van der Waals surface area contributed by atoms with Gasteiger partial charge in [-0.25, -0.2) is 22.8 Å². The molecule has 15 heteroatoms. The van der Waals surface area contributed by atoms with Gasteiger partial charge in [0.2, 0.25) is 5.88 Å². The normalized spacial score (nSPS) is 21.0. The fraction of sp³-hybridized carbons (Fsp3) is 0.538. The lowest BCUT2D eigenvalue weighted by atomic mass is 9.94. The van der Waals surface area contributed by atoms with E-state index in [1.807, 2.05) is 4.72 Å². The molecule has 0 aromatic carbocycles. The van der Waals surface area contributed by atoms with Gasteiger partial charge in [-0.2, -0.15) is 18.3 Å². The average Bonchev–Trinajstić information content (AvgIpc) is 3.56. The van der Waals surface area contributed by atoms with Crippen LogP contribution in [0.4, 0.5) is 19.0 Å². The number of rotatable bonds is 8. The van der Waals surface area contributed by atoms with Gasteiger partial charge in [0.05, 0.1) is 16.7 Å². The van der Waals surface area contributed by atoms with Gasteiger partial charge in [0, 0.05) is 44.4 Å². The minimum absolute atomic E-state index is 0.00358. The van der Waals surface area contributed by atoms with Crippen LogP contribution in [-0.2, 0) is 17.1 Å². The molecular weight excluding hydrogens is 563 g/mol. The Morgan fingerprint density at radius 3 is 2.56 bits per heavy atom. The van der Waals surface area contributed by atoms with E-state index in [2.05, 4.69) is 15.2 Å². The molecule has 0 spiro atoms. The Morgan fingerprint density at radius 1 is 1.27 bits per heavy atom. The van der Waals surface area contributed by atoms with E-state index in [1.165, 1.54) is 68.0 Å². The van der Waals surface area contributed by atoms with Crippen LogP contribution in [0, 0.1) is 18.3 Å². The Bertz CT molecular complexity index is 1750. The molecule has 1 amide bonds. The van der Waals surface area contributed by atoms with Crippen molar-refractivity contribution < 1.29 is 38.0 Å². The number of carbonyl (C=O) groups excluding carboxylic acids is 1. The van der Waals surface area contributed by atoms with E-state index in [1.54, 1.807) is 0 Å². The summed E-state index contributed by atoms with van der Waals surface area (Å²) in [5.74, 6) is -3.06. The summed E-state index contributed by atoms with van der Waals surface area (Å²) in [6.45, 7) is 2.37.